The van der Waals surface area contributed by atoms with Crippen molar-refractivity contribution in [1.82, 2.24) is 0 Å². The van der Waals surface area contributed by atoms with E-state index >= 15 is 0 Å². The van der Waals surface area contributed by atoms with Crippen LogP contribution in [0.15, 0.2) is 0 Å². The molecule has 0 unspecified atom stereocenters. The molecule has 0 saturated carbocycles. The molecule has 0 N–H and O–H groups in total. The van der Waals surface area contributed by atoms with Gasteiger partial charge in [-0.05, 0) is 0 Å². The predicted molar refractivity (Wildman–Crippen MR) is 13.4 cm³/mol. The van der Waals surface area contributed by atoms with Crippen molar-refractivity contribution in [2.24, 2.45) is 0 Å². The maximum absolute atomic E-state index is 7.94. The van der Waals surface area contributed by atoms with Crippen LogP contribution in [0.4, 0.5) is 0 Å². The van der Waals surface area contributed by atoms with E-state index in [1.807, 2.05) is 0 Å². The van der Waals surface area contributed by atoms with E-state index in [0.717, 1.165) is 0 Å². The molecule has 0 fully saturated rings. The fourth-order valence-corrected chi connectivity index (χ4v) is 0. The smallest absolute Gasteiger partial charge is 0.261 e. The second-order valence-electron chi connectivity index (χ2n) is 0. The zero-order valence-electron chi connectivity index (χ0n) is 2.06. The molecular weight excluding hydrogens is 232 g/mol. The Labute approximate surface area is 82.5 Å². The van der Waals surface area contributed by atoms with E-state index in [4.69, 9.17) is 4.57 Å². The maximum atomic E-state index is 7.94. The molecule has 0 aromatic carbocycles. The van der Waals surface area contributed by atoms with Crippen LogP contribution in [0.1, 0.15) is 0 Å². The van der Waals surface area contributed by atoms with E-state index in [2.05, 4.69) is 9.12 Å². The van der Waals surface area contributed by atoms with Gasteiger partial charge in [-0.2, -0.15) is 0 Å². The minimum Gasteiger partial charge on any atom is -0.261 e. The standard InChI is InChI=1S/Ba.OP.Ti/c;1-2;. The van der Waals surface area contributed by atoms with Crippen molar-refractivity contribution in [3.8, 4) is 0 Å². The van der Waals surface area contributed by atoms with Crippen molar-refractivity contribution in [3.05, 3.63) is 0 Å². The van der Waals surface area contributed by atoms with Gasteiger partial charge in [0.15, 0.2) is 0 Å². The van der Waals surface area contributed by atoms with Crippen molar-refractivity contribution < 1.29 is 26.3 Å². The molecule has 0 atom stereocenters. The SMILES string of the molecule is O=[P].[Ba].[Ti]. The van der Waals surface area contributed by atoms with Crippen LogP contribution >= 0.6 is 9.12 Å². The molecule has 0 rings (SSSR count). The normalized spacial score (nSPS) is 1.00. The zero-order chi connectivity index (χ0) is 2.00. The van der Waals surface area contributed by atoms with Crippen molar-refractivity contribution in [3.63, 3.8) is 0 Å². The van der Waals surface area contributed by atoms with Gasteiger partial charge >= 0.3 is 0 Å². The third-order valence-electron chi connectivity index (χ3n) is 0. The average Bonchev–Trinajstić information content (AvgIpc) is 1.00. The molecule has 0 aromatic rings. The van der Waals surface area contributed by atoms with E-state index in [1.54, 1.807) is 0 Å². The number of hydrogen-bond donors (Lipinski definition) is 0. The summed E-state index contributed by atoms with van der Waals surface area (Å²) in [6.07, 6.45) is 0. The first-order chi connectivity index (χ1) is 1.00. The summed E-state index contributed by atoms with van der Waals surface area (Å²) in [7, 11) is 2.28. The Bertz CT molecular complexity index is 8.00. The van der Waals surface area contributed by atoms with E-state index in [0.29, 0.717) is 0 Å². The molecule has 0 bridgehead atoms. The summed E-state index contributed by atoms with van der Waals surface area (Å²) >= 11 is 0. The summed E-state index contributed by atoms with van der Waals surface area (Å²) in [5.41, 5.74) is 0. The molecule has 0 spiro atoms. The van der Waals surface area contributed by atoms with Gasteiger partial charge in [0.25, 0.3) is 9.12 Å². The van der Waals surface area contributed by atoms with Crippen LogP contribution in [0.25, 0.3) is 0 Å². The van der Waals surface area contributed by atoms with Gasteiger partial charge in [0.05, 0.1) is 0 Å². The Morgan fingerprint density at radius 3 is 1.25 bits per heavy atom. The van der Waals surface area contributed by atoms with Crippen LogP contribution in [0.5, 0.6) is 0 Å². The Balaban J connectivity index is -0.00000000500. The molecule has 4 heavy (non-hydrogen) atoms. The second-order valence-corrected chi connectivity index (χ2v) is 0. The minimum absolute atomic E-state index is 0. The summed E-state index contributed by atoms with van der Waals surface area (Å²) in [6, 6.07) is 0. The Kier molecular flexibility index (Phi) is 73.5. The number of hydrogen-bond acceptors (Lipinski definition) is 1. The quantitative estimate of drug-likeness (QED) is 0.435. The third-order valence-corrected chi connectivity index (χ3v) is 0. The summed E-state index contributed by atoms with van der Waals surface area (Å²) in [5.74, 6) is 0. The molecule has 4 heteroatoms. The molecule has 17 valence electrons. The monoisotopic (exact) mass is 233 g/mol. The van der Waals surface area contributed by atoms with Gasteiger partial charge in [-0.1, -0.05) is 0 Å². The van der Waals surface area contributed by atoms with Gasteiger partial charge < -0.3 is 0 Å². The van der Waals surface area contributed by atoms with Gasteiger partial charge in [0, 0.05) is 70.6 Å². The van der Waals surface area contributed by atoms with E-state index < -0.39 is 0 Å². The van der Waals surface area contributed by atoms with Gasteiger partial charge in [-0.25, -0.2) is 0 Å². The van der Waals surface area contributed by atoms with Gasteiger partial charge in [-0.3, -0.25) is 4.57 Å². The topological polar surface area (TPSA) is 17.1 Å². The first kappa shape index (κ1) is 16.2. The molecule has 1 nitrogen and oxygen atoms in total. The number of rotatable bonds is 0. The fraction of sp³-hybridized carbons (Fsp3) is 0. The van der Waals surface area contributed by atoms with Gasteiger partial charge in [-0.15, -0.1) is 0 Å². The Morgan fingerprint density at radius 2 is 1.25 bits per heavy atom. The first-order valence-corrected chi connectivity index (χ1v) is 0.548. The van der Waals surface area contributed by atoms with Crippen LogP contribution in [0.3, 0.4) is 0 Å². The average molecular weight is 232 g/mol. The Morgan fingerprint density at radius 1 is 1.25 bits per heavy atom. The largest absolute Gasteiger partial charge is 0.261 e. The summed E-state index contributed by atoms with van der Waals surface area (Å²) < 4.78 is 7.94. The second kappa shape index (κ2) is 18.2. The van der Waals surface area contributed by atoms with E-state index in [9.17, 15) is 0 Å². The van der Waals surface area contributed by atoms with Crippen LogP contribution in [-0.4, -0.2) is 48.9 Å². The summed E-state index contributed by atoms with van der Waals surface area (Å²) in [4.78, 5) is 0. The van der Waals surface area contributed by atoms with Crippen LogP contribution in [-0.2, 0) is 26.3 Å². The zero-order valence-corrected chi connectivity index (χ0v) is 8.96. The fourth-order valence-electron chi connectivity index (χ4n) is 0. The molecular formula is BaOPTi. The molecule has 0 amide bonds. The summed E-state index contributed by atoms with van der Waals surface area (Å²) in [6.45, 7) is 0. The van der Waals surface area contributed by atoms with Crippen LogP contribution < -0.4 is 0 Å². The molecule has 0 aliphatic carbocycles. The van der Waals surface area contributed by atoms with Crippen molar-refractivity contribution >= 4 is 58.0 Å². The van der Waals surface area contributed by atoms with Crippen molar-refractivity contribution in [2.45, 2.75) is 0 Å². The molecule has 0 saturated heterocycles. The van der Waals surface area contributed by atoms with Crippen LogP contribution in [0, 0.1) is 0 Å². The third kappa shape index (κ3) is 8.83. The minimum atomic E-state index is 0. The van der Waals surface area contributed by atoms with Crippen LogP contribution in [0.2, 0.25) is 0 Å². The van der Waals surface area contributed by atoms with E-state index in [1.165, 1.54) is 0 Å². The predicted octanol–water partition coefficient (Wildman–Crippen LogP) is 0.359. The summed E-state index contributed by atoms with van der Waals surface area (Å²) in [5, 5.41) is 0. The molecule has 0 aromatic heterocycles. The van der Waals surface area contributed by atoms with Crippen molar-refractivity contribution in [2.75, 3.05) is 0 Å². The molecule has 3 radical (unpaired) electrons. The van der Waals surface area contributed by atoms with Gasteiger partial charge in [0.2, 0.25) is 0 Å². The first-order valence-electron chi connectivity index (χ1n) is 0.183. The molecule has 0 aliphatic heterocycles. The van der Waals surface area contributed by atoms with Crippen molar-refractivity contribution in [1.29, 1.82) is 0 Å². The molecule has 0 heterocycles. The molecule has 0 aliphatic rings. The Hall–Kier alpha value is 2.39. The van der Waals surface area contributed by atoms with E-state index in [-0.39, 0.29) is 70.6 Å². The maximum Gasteiger partial charge on any atom is 0.261 e. The van der Waals surface area contributed by atoms with Gasteiger partial charge in [0.1, 0.15) is 0 Å².